The predicted octanol–water partition coefficient (Wildman–Crippen LogP) is 1.45. The number of thioether (sulfide) groups is 1. The van der Waals surface area contributed by atoms with E-state index in [0.29, 0.717) is 11.0 Å². The van der Waals surface area contributed by atoms with Gasteiger partial charge in [-0.05, 0) is 31.2 Å². The monoisotopic (exact) mass is 345 g/mol. The molecular formula is C15H15N5O3S. The molecule has 0 aliphatic carbocycles. The zero-order valence-corrected chi connectivity index (χ0v) is 13.9. The third-order valence-corrected chi connectivity index (χ3v) is 4.40. The number of nitrogens with one attached hydrogen (secondary N) is 1. The summed E-state index contributed by atoms with van der Waals surface area (Å²) in [7, 11) is 1.78. The van der Waals surface area contributed by atoms with Crippen molar-refractivity contribution >= 4 is 17.7 Å². The third kappa shape index (κ3) is 3.11. The molecule has 0 aliphatic rings. The van der Waals surface area contributed by atoms with Crippen molar-refractivity contribution in [3.05, 3.63) is 46.4 Å². The van der Waals surface area contributed by atoms with E-state index in [9.17, 15) is 9.59 Å². The number of aryl methyl sites for hydroxylation is 1. The molecule has 0 aliphatic heterocycles. The lowest BCUT2D eigenvalue weighted by Gasteiger charge is -2.05. The zero-order chi connectivity index (χ0) is 17.3. The summed E-state index contributed by atoms with van der Waals surface area (Å²) in [5.41, 5.74) is 2.22. The van der Waals surface area contributed by atoms with Crippen molar-refractivity contribution in [1.82, 2.24) is 24.5 Å². The molecule has 1 aromatic carbocycles. The first kappa shape index (κ1) is 16.1. The molecule has 0 spiro atoms. The lowest BCUT2D eigenvalue weighted by Crippen LogP contribution is -2.13. The quantitative estimate of drug-likeness (QED) is 0.678. The summed E-state index contributed by atoms with van der Waals surface area (Å²) in [5.74, 6) is -0.343. The number of carboxylic acids is 1. The van der Waals surface area contributed by atoms with Crippen LogP contribution in [0.4, 0.5) is 0 Å². The minimum Gasteiger partial charge on any atom is -0.481 e. The van der Waals surface area contributed by atoms with Gasteiger partial charge in [0.05, 0.1) is 11.4 Å². The molecule has 3 aromatic rings. The predicted molar refractivity (Wildman–Crippen MR) is 89.5 cm³/mol. The highest BCUT2D eigenvalue weighted by Gasteiger charge is 2.13. The molecule has 0 saturated heterocycles. The molecule has 2 aromatic heterocycles. The van der Waals surface area contributed by atoms with E-state index < -0.39 is 5.97 Å². The lowest BCUT2D eigenvalue weighted by atomic mass is 10.2. The van der Waals surface area contributed by atoms with Gasteiger partial charge in [0.2, 0.25) is 0 Å². The molecular weight excluding hydrogens is 330 g/mol. The van der Waals surface area contributed by atoms with Gasteiger partial charge in [0.25, 0.3) is 5.56 Å². The minimum atomic E-state index is -0.902. The molecule has 0 atom stereocenters. The van der Waals surface area contributed by atoms with E-state index in [2.05, 4.69) is 15.3 Å². The van der Waals surface area contributed by atoms with Gasteiger partial charge < -0.3 is 9.67 Å². The maximum absolute atomic E-state index is 11.8. The van der Waals surface area contributed by atoms with Gasteiger partial charge >= 0.3 is 5.97 Å². The fourth-order valence-corrected chi connectivity index (χ4v) is 2.91. The van der Waals surface area contributed by atoms with E-state index in [1.807, 2.05) is 31.2 Å². The van der Waals surface area contributed by atoms with Crippen molar-refractivity contribution in [3.8, 4) is 17.1 Å². The molecule has 0 radical (unpaired) electrons. The molecule has 0 fully saturated rings. The van der Waals surface area contributed by atoms with Crippen LogP contribution in [0.1, 0.15) is 5.69 Å². The number of aliphatic carboxylic acids is 1. The van der Waals surface area contributed by atoms with E-state index in [4.69, 9.17) is 5.11 Å². The first-order valence-electron chi connectivity index (χ1n) is 7.09. The van der Waals surface area contributed by atoms with E-state index in [1.165, 1.54) is 10.7 Å². The normalized spacial score (nSPS) is 10.9. The van der Waals surface area contributed by atoms with Crippen LogP contribution >= 0.6 is 11.8 Å². The van der Waals surface area contributed by atoms with Crippen LogP contribution in [0, 0.1) is 6.92 Å². The minimum absolute atomic E-state index is 0.0694. The van der Waals surface area contributed by atoms with Crippen LogP contribution < -0.4 is 5.56 Å². The number of hydrogen-bond acceptors (Lipinski definition) is 5. The van der Waals surface area contributed by atoms with Crippen LogP contribution in [-0.4, -0.2) is 41.4 Å². The molecule has 24 heavy (non-hydrogen) atoms. The second kappa shape index (κ2) is 6.36. The van der Waals surface area contributed by atoms with Crippen molar-refractivity contribution in [3.63, 3.8) is 0 Å². The van der Waals surface area contributed by atoms with Crippen LogP contribution in [0.3, 0.4) is 0 Å². The van der Waals surface area contributed by atoms with Gasteiger partial charge in [-0.3, -0.25) is 14.7 Å². The van der Waals surface area contributed by atoms with E-state index in [0.717, 1.165) is 28.7 Å². The van der Waals surface area contributed by atoms with Crippen LogP contribution in [0.15, 0.2) is 40.3 Å². The van der Waals surface area contributed by atoms with E-state index in [1.54, 1.807) is 11.6 Å². The Bertz CT molecular complexity index is 939. The number of benzene rings is 1. The summed E-state index contributed by atoms with van der Waals surface area (Å²) >= 11 is 1.11. The van der Waals surface area contributed by atoms with Crippen molar-refractivity contribution in [1.29, 1.82) is 0 Å². The Hall–Kier alpha value is -2.81. The molecule has 9 heteroatoms. The summed E-state index contributed by atoms with van der Waals surface area (Å²) in [6, 6.07) is 8.83. The fourth-order valence-electron chi connectivity index (χ4n) is 2.28. The molecule has 0 amide bonds. The van der Waals surface area contributed by atoms with Gasteiger partial charge in [-0.15, -0.1) is 10.2 Å². The van der Waals surface area contributed by atoms with Gasteiger partial charge in [-0.2, -0.15) is 0 Å². The smallest absolute Gasteiger partial charge is 0.313 e. The Labute approximate surface area is 141 Å². The second-order valence-corrected chi connectivity index (χ2v) is 6.15. The van der Waals surface area contributed by atoms with Crippen molar-refractivity contribution in [2.45, 2.75) is 12.1 Å². The highest BCUT2D eigenvalue weighted by atomic mass is 32.2. The topological polar surface area (TPSA) is 106 Å². The number of nitrogens with zero attached hydrogens (tertiary/aromatic N) is 4. The number of aromatic amines is 1. The van der Waals surface area contributed by atoms with Gasteiger partial charge in [-0.25, -0.2) is 4.68 Å². The highest BCUT2D eigenvalue weighted by molar-refractivity contribution is 7.99. The molecule has 3 rings (SSSR count). The lowest BCUT2D eigenvalue weighted by molar-refractivity contribution is -0.133. The average Bonchev–Trinajstić information content (AvgIpc) is 3.07. The molecule has 2 heterocycles. The second-order valence-electron chi connectivity index (χ2n) is 5.21. The van der Waals surface area contributed by atoms with Crippen LogP contribution in [0.2, 0.25) is 0 Å². The highest BCUT2D eigenvalue weighted by Crippen LogP contribution is 2.23. The number of hydrogen-bond donors (Lipinski definition) is 2. The molecule has 2 N–H and O–H groups in total. The Kier molecular flexibility index (Phi) is 4.26. The van der Waals surface area contributed by atoms with E-state index >= 15 is 0 Å². The average molecular weight is 345 g/mol. The SMILES string of the molecule is Cc1cc(=O)n(-c2ccc(-c3nnc(SCC(=O)O)n3C)cc2)[nH]1. The Morgan fingerprint density at radius 1 is 1.29 bits per heavy atom. The van der Waals surface area contributed by atoms with Crippen LogP contribution in [-0.2, 0) is 11.8 Å². The van der Waals surface area contributed by atoms with Crippen molar-refractivity contribution in [2.75, 3.05) is 5.75 Å². The van der Waals surface area contributed by atoms with Gasteiger partial charge in [-0.1, -0.05) is 11.8 Å². The van der Waals surface area contributed by atoms with Gasteiger partial charge in [0.15, 0.2) is 11.0 Å². The van der Waals surface area contributed by atoms with Crippen LogP contribution in [0.5, 0.6) is 0 Å². The van der Waals surface area contributed by atoms with E-state index in [-0.39, 0.29) is 11.3 Å². The fraction of sp³-hybridized carbons (Fsp3) is 0.200. The van der Waals surface area contributed by atoms with Gasteiger partial charge in [0, 0.05) is 24.4 Å². The summed E-state index contributed by atoms with van der Waals surface area (Å²) in [6.45, 7) is 1.82. The number of aromatic nitrogens is 5. The Morgan fingerprint density at radius 2 is 2.00 bits per heavy atom. The number of carboxylic acid groups (broad SMARTS) is 1. The summed E-state index contributed by atoms with van der Waals surface area (Å²) in [5, 5.41) is 20.4. The largest absolute Gasteiger partial charge is 0.481 e. The number of H-pyrrole nitrogens is 1. The Balaban J connectivity index is 1.87. The molecule has 8 nitrogen and oxygen atoms in total. The van der Waals surface area contributed by atoms with Gasteiger partial charge in [0.1, 0.15) is 0 Å². The molecule has 0 unspecified atom stereocenters. The summed E-state index contributed by atoms with van der Waals surface area (Å²) in [6.07, 6.45) is 0. The number of carbonyl (C=O) groups is 1. The molecule has 124 valence electrons. The Morgan fingerprint density at radius 3 is 2.58 bits per heavy atom. The molecule has 0 bridgehead atoms. The first-order valence-corrected chi connectivity index (χ1v) is 8.07. The number of rotatable bonds is 5. The van der Waals surface area contributed by atoms with Crippen LogP contribution in [0.25, 0.3) is 17.1 Å². The summed E-state index contributed by atoms with van der Waals surface area (Å²) in [4.78, 5) is 22.5. The standard InChI is InChI=1S/C15H15N5O3S/c1-9-7-12(21)20(18-9)11-5-3-10(4-6-11)14-16-17-15(19(14)2)24-8-13(22)23/h3-7,18H,8H2,1-2H3,(H,22,23). The maximum Gasteiger partial charge on any atom is 0.313 e. The maximum atomic E-state index is 11.8. The third-order valence-electron chi connectivity index (χ3n) is 3.39. The van der Waals surface area contributed by atoms with Crippen molar-refractivity contribution < 1.29 is 9.90 Å². The van der Waals surface area contributed by atoms with Crippen molar-refractivity contribution in [2.24, 2.45) is 7.05 Å². The first-order chi connectivity index (χ1) is 11.5. The zero-order valence-electron chi connectivity index (χ0n) is 13.1. The summed E-state index contributed by atoms with van der Waals surface area (Å²) < 4.78 is 3.21. The molecule has 0 saturated carbocycles.